The van der Waals surface area contributed by atoms with Gasteiger partial charge in [-0.25, -0.2) is 4.98 Å². The molecule has 0 bridgehead atoms. The molecule has 0 aliphatic heterocycles. The minimum atomic E-state index is 0.365. The molecule has 0 fully saturated rings. The molecular formula is C13H15BrN2O. The van der Waals surface area contributed by atoms with Crippen LogP contribution in [0, 0.1) is 0 Å². The summed E-state index contributed by atoms with van der Waals surface area (Å²) in [4.78, 5) is 4.31. The molecule has 90 valence electrons. The van der Waals surface area contributed by atoms with Gasteiger partial charge in [-0.1, -0.05) is 0 Å². The molecule has 0 amide bonds. The van der Waals surface area contributed by atoms with Crippen molar-refractivity contribution in [2.75, 3.05) is 7.11 Å². The van der Waals surface area contributed by atoms with E-state index in [9.17, 15) is 0 Å². The molecule has 1 heterocycles. The molecule has 17 heavy (non-hydrogen) atoms. The van der Waals surface area contributed by atoms with E-state index in [1.165, 1.54) is 0 Å². The lowest BCUT2D eigenvalue weighted by atomic mass is 10.1. The lowest BCUT2D eigenvalue weighted by molar-refractivity contribution is 0.415. The molecule has 0 N–H and O–H groups in total. The van der Waals surface area contributed by atoms with Crippen molar-refractivity contribution in [3.05, 3.63) is 35.2 Å². The molecule has 0 unspecified atom stereocenters. The summed E-state index contributed by atoms with van der Waals surface area (Å²) in [6, 6.07) is 8.37. The summed E-state index contributed by atoms with van der Waals surface area (Å²) in [6.07, 6.45) is 1.88. The molecule has 0 spiro atoms. The van der Waals surface area contributed by atoms with E-state index in [0.29, 0.717) is 6.04 Å². The highest BCUT2D eigenvalue weighted by Crippen LogP contribution is 2.28. The summed E-state index contributed by atoms with van der Waals surface area (Å²) >= 11 is 3.47. The van der Waals surface area contributed by atoms with Crippen molar-refractivity contribution < 1.29 is 4.74 Å². The molecule has 3 nitrogen and oxygen atoms in total. The standard InChI is InChI=1S/C13H15BrN2O/c1-9(2)16-12(8-15-13(16)14)10-4-6-11(17-3)7-5-10/h4-9H,1-3H3. The van der Waals surface area contributed by atoms with Crippen molar-refractivity contribution in [3.8, 4) is 17.0 Å². The van der Waals surface area contributed by atoms with Crippen LogP contribution in [0.25, 0.3) is 11.3 Å². The maximum Gasteiger partial charge on any atom is 0.177 e. The van der Waals surface area contributed by atoms with Crippen LogP contribution in [0.2, 0.25) is 0 Å². The van der Waals surface area contributed by atoms with E-state index in [2.05, 4.69) is 39.3 Å². The molecule has 0 saturated carbocycles. The lowest BCUT2D eigenvalue weighted by Gasteiger charge is -2.13. The number of aromatic nitrogens is 2. The number of benzene rings is 1. The fourth-order valence-corrected chi connectivity index (χ4v) is 2.51. The van der Waals surface area contributed by atoms with Gasteiger partial charge in [0.1, 0.15) is 5.75 Å². The normalized spacial score (nSPS) is 10.9. The summed E-state index contributed by atoms with van der Waals surface area (Å²) < 4.78 is 8.17. The van der Waals surface area contributed by atoms with Crippen LogP contribution in [0.4, 0.5) is 0 Å². The number of hydrogen-bond acceptors (Lipinski definition) is 2. The zero-order valence-electron chi connectivity index (χ0n) is 10.1. The lowest BCUT2D eigenvalue weighted by Crippen LogP contribution is -2.02. The Labute approximate surface area is 110 Å². The van der Waals surface area contributed by atoms with Gasteiger partial charge >= 0.3 is 0 Å². The average molecular weight is 295 g/mol. The van der Waals surface area contributed by atoms with Gasteiger partial charge in [0.25, 0.3) is 0 Å². The van der Waals surface area contributed by atoms with Crippen molar-refractivity contribution >= 4 is 15.9 Å². The van der Waals surface area contributed by atoms with E-state index in [0.717, 1.165) is 21.7 Å². The molecule has 0 atom stereocenters. The first-order valence-electron chi connectivity index (χ1n) is 5.50. The van der Waals surface area contributed by atoms with E-state index >= 15 is 0 Å². The van der Waals surface area contributed by atoms with Crippen LogP contribution in [0.1, 0.15) is 19.9 Å². The molecular weight excluding hydrogens is 280 g/mol. The summed E-state index contributed by atoms with van der Waals surface area (Å²) in [5.41, 5.74) is 2.24. The molecule has 1 aromatic carbocycles. The number of halogens is 1. The van der Waals surface area contributed by atoms with E-state index in [1.54, 1.807) is 7.11 Å². The average Bonchev–Trinajstić information content (AvgIpc) is 2.71. The minimum absolute atomic E-state index is 0.365. The summed E-state index contributed by atoms with van der Waals surface area (Å²) in [5.74, 6) is 0.864. The summed E-state index contributed by atoms with van der Waals surface area (Å²) in [6.45, 7) is 4.28. The Morgan fingerprint density at radius 3 is 2.41 bits per heavy atom. The van der Waals surface area contributed by atoms with Gasteiger partial charge in [0.05, 0.1) is 19.0 Å². The van der Waals surface area contributed by atoms with Crippen molar-refractivity contribution in [2.24, 2.45) is 0 Å². The predicted octanol–water partition coefficient (Wildman–Crippen LogP) is 3.90. The molecule has 4 heteroatoms. The van der Waals surface area contributed by atoms with Crippen LogP contribution < -0.4 is 4.74 Å². The predicted molar refractivity (Wildman–Crippen MR) is 72.3 cm³/mol. The molecule has 0 aliphatic carbocycles. The first-order valence-corrected chi connectivity index (χ1v) is 6.30. The topological polar surface area (TPSA) is 27.1 Å². The number of hydrogen-bond donors (Lipinski definition) is 0. The zero-order valence-corrected chi connectivity index (χ0v) is 11.7. The number of methoxy groups -OCH3 is 1. The quantitative estimate of drug-likeness (QED) is 0.858. The van der Waals surface area contributed by atoms with Crippen molar-refractivity contribution in [1.82, 2.24) is 9.55 Å². The van der Waals surface area contributed by atoms with Gasteiger partial charge in [-0.15, -0.1) is 0 Å². The highest BCUT2D eigenvalue weighted by Gasteiger charge is 2.12. The fraction of sp³-hybridized carbons (Fsp3) is 0.308. The Morgan fingerprint density at radius 1 is 1.24 bits per heavy atom. The number of imidazole rings is 1. The number of ether oxygens (including phenoxy) is 1. The first kappa shape index (κ1) is 12.2. The second kappa shape index (κ2) is 4.92. The van der Waals surface area contributed by atoms with E-state index in [1.807, 2.05) is 30.5 Å². The van der Waals surface area contributed by atoms with Gasteiger partial charge in [-0.3, -0.25) is 0 Å². The molecule has 0 saturated heterocycles. The van der Waals surface area contributed by atoms with E-state index in [4.69, 9.17) is 4.74 Å². The smallest absolute Gasteiger partial charge is 0.177 e. The number of nitrogens with zero attached hydrogens (tertiary/aromatic N) is 2. The monoisotopic (exact) mass is 294 g/mol. The van der Waals surface area contributed by atoms with Crippen LogP contribution in [0.15, 0.2) is 35.2 Å². The van der Waals surface area contributed by atoms with E-state index < -0.39 is 0 Å². The van der Waals surface area contributed by atoms with Crippen molar-refractivity contribution in [2.45, 2.75) is 19.9 Å². The van der Waals surface area contributed by atoms with Gasteiger partial charge in [0, 0.05) is 11.6 Å². The van der Waals surface area contributed by atoms with Gasteiger partial charge in [0.2, 0.25) is 0 Å². The third-order valence-corrected chi connectivity index (χ3v) is 3.24. The SMILES string of the molecule is COc1ccc(-c2cnc(Br)n2C(C)C)cc1. The molecule has 0 radical (unpaired) electrons. The maximum absolute atomic E-state index is 5.16. The van der Waals surface area contributed by atoms with E-state index in [-0.39, 0.29) is 0 Å². The Hall–Kier alpha value is -1.29. The molecule has 0 aliphatic rings. The van der Waals surface area contributed by atoms with Crippen LogP contribution in [0.5, 0.6) is 5.75 Å². The summed E-state index contributed by atoms with van der Waals surface area (Å²) in [5, 5.41) is 0. The zero-order chi connectivity index (χ0) is 12.4. The fourth-order valence-electron chi connectivity index (χ4n) is 1.80. The van der Waals surface area contributed by atoms with Crippen LogP contribution in [-0.4, -0.2) is 16.7 Å². The Balaban J connectivity index is 2.45. The maximum atomic E-state index is 5.16. The van der Waals surface area contributed by atoms with Gasteiger partial charge in [-0.2, -0.15) is 0 Å². The van der Waals surface area contributed by atoms with Crippen molar-refractivity contribution in [3.63, 3.8) is 0 Å². The van der Waals surface area contributed by atoms with Gasteiger partial charge in [-0.05, 0) is 54.0 Å². The summed E-state index contributed by atoms with van der Waals surface area (Å²) in [7, 11) is 1.67. The minimum Gasteiger partial charge on any atom is -0.497 e. The van der Waals surface area contributed by atoms with Gasteiger partial charge < -0.3 is 9.30 Å². The first-order chi connectivity index (χ1) is 8.13. The highest BCUT2D eigenvalue weighted by molar-refractivity contribution is 9.10. The van der Waals surface area contributed by atoms with Crippen molar-refractivity contribution in [1.29, 1.82) is 0 Å². The highest BCUT2D eigenvalue weighted by atomic mass is 79.9. The second-order valence-corrected chi connectivity index (χ2v) is 4.81. The van der Waals surface area contributed by atoms with Crippen LogP contribution >= 0.6 is 15.9 Å². The third-order valence-electron chi connectivity index (χ3n) is 2.65. The third kappa shape index (κ3) is 2.36. The second-order valence-electron chi connectivity index (χ2n) is 4.10. The van der Waals surface area contributed by atoms with Gasteiger partial charge in [0.15, 0.2) is 4.73 Å². The Kier molecular flexibility index (Phi) is 3.52. The molecule has 1 aromatic heterocycles. The van der Waals surface area contributed by atoms with Crippen LogP contribution in [-0.2, 0) is 0 Å². The molecule has 2 rings (SSSR count). The molecule has 2 aromatic rings. The van der Waals surface area contributed by atoms with Crippen LogP contribution in [0.3, 0.4) is 0 Å². The largest absolute Gasteiger partial charge is 0.497 e. The Bertz CT molecular complexity index is 503. The number of rotatable bonds is 3. The Morgan fingerprint density at radius 2 is 1.88 bits per heavy atom.